The number of hydrogen-bond acceptors (Lipinski definition) is 5. The summed E-state index contributed by atoms with van der Waals surface area (Å²) >= 11 is 0. The van der Waals surface area contributed by atoms with E-state index in [9.17, 15) is 13.2 Å². The van der Waals surface area contributed by atoms with Crippen LogP contribution in [0.1, 0.15) is 24.2 Å². The van der Waals surface area contributed by atoms with Gasteiger partial charge in [-0.1, -0.05) is 13.8 Å². The lowest BCUT2D eigenvalue weighted by molar-refractivity contribution is 0.102. The molecule has 0 aliphatic carbocycles. The number of nitrogen functional groups attached to an aromatic ring is 1. The van der Waals surface area contributed by atoms with Crippen molar-refractivity contribution < 1.29 is 17.9 Å². The van der Waals surface area contributed by atoms with E-state index in [4.69, 9.17) is 10.5 Å². The van der Waals surface area contributed by atoms with Gasteiger partial charge in [0, 0.05) is 17.8 Å². The molecule has 4 N–H and O–H groups in total. The predicted molar refractivity (Wildman–Crippen MR) is 109 cm³/mol. The Kier molecular flexibility index (Phi) is 8.08. The number of nitrogens with one attached hydrogen (secondary N) is 2. The standard InChI is InChI=1S/C18H23N3O4S.ClH/c1-12(2)11-20-26(23,24)15-7-4-13(5-8-15)18(22)21-14-6-9-17(25-3)16(19)10-14;/h4-10,12,20H,11,19H2,1-3H3,(H,21,22);1H. The second-order valence-electron chi connectivity index (χ2n) is 6.18. The molecule has 1 amide bonds. The molecule has 2 aromatic carbocycles. The number of carbonyl (C=O) groups is 1. The molecule has 2 aromatic rings. The van der Waals surface area contributed by atoms with Crippen LogP contribution in [-0.2, 0) is 10.0 Å². The van der Waals surface area contributed by atoms with Gasteiger partial charge in [0.2, 0.25) is 10.0 Å². The summed E-state index contributed by atoms with van der Waals surface area (Å²) in [5.74, 6) is 0.354. The molecule has 0 aliphatic rings. The number of nitrogens with two attached hydrogens (primary N) is 1. The van der Waals surface area contributed by atoms with Crippen LogP contribution >= 0.6 is 12.4 Å². The van der Waals surface area contributed by atoms with E-state index in [0.29, 0.717) is 29.2 Å². The molecule has 0 aromatic heterocycles. The van der Waals surface area contributed by atoms with Crippen molar-refractivity contribution in [2.24, 2.45) is 5.92 Å². The van der Waals surface area contributed by atoms with Crippen molar-refractivity contribution in [1.29, 1.82) is 0 Å². The monoisotopic (exact) mass is 413 g/mol. The van der Waals surface area contributed by atoms with E-state index in [2.05, 4.69) is 10.0 Å². The van der Waals surface area contributed by atoms with Gasteiger partial charge in [0.05, 0.1) is 17.7 Å². The first-order chi connectivity index (χ1) is 12.2. The highest BCUT2D eigenvalue weighted by molar-refractivity contribution is 7.89. The minimum Gasteiger partial charge on any atom is -0.495 e. The van der Waals surface area contributed by atoms with E-state index in [-0.39, 0.29) is 29.1 Å². The van der Waals surface area contributed by atoms with Crippen LogP contribution in [0.5, 0.6) is 5.75 Å². The van der Waals surface area contributed by atoms with Crippen molar-refractivity contribution in [2.75, 3.05) is 24.7 Å². The van der Waals surface area contributed by atoms with Crippen molar-refractivity contribution in [3.8, 4) is 5.75 Å². The Labute approximate surface area is 165 Å². The maximum atomic E-state index is 12.3. The van der Waals surface area contributed by atoms with E-state index in [1.54, 1.807) is 18.2 Å². The molecule has 0 saturated carbocycles. The first-order valence-corrected chi connectivity index (χ1v) is 9.56. The molecular weight excluding hydrogens is 390 g/mol. The summed E-state index contributed by atoms with van der Waals surface area (Å²) in [4.78, 5) is 12.4. The van der Waals surface area contributed by atoms with E-state index < -0.39 is 10.0 Å². The summed E-state index contributed by atoms with van der Waals surface area (Å²) in [6.45, 7) is 4.19. The number of hydrogen-bond donors (Lipinski definition) is 3. The first kappa shape index (κ1) is 22.8. The Morgan fingerprint density at radius 3 is 2.30 bits per heavy atom. The minimum atomic E-state index is -3.58. The van der Waals surface area contributed by atoms with E-state index in [1.807, 2.05) is 13.8 Å². The molecule has 0 heterocycles. The van der Waals surface area contributed by atoms with Gasteiger partial charge in [-0.25, -0.2) is 13.1 Å². The number of halogens is 1. The highest BCUT2D eigenvalue weighted by atomic mass is 35.5. The van der Waals surface area contributed by atoms with Crippen LogP contribution in [0.3, 0.4) is 0 Å². The number of amides is 1. The molecular formula is C18H24ClN3O4S. The number of rotatable bonds is 7. The SMILES string of the molecule is COc1ccc(NC(=O)c2ccc(S(=O)(=O)NCC(C)C)cc2)cc1N.Cl. The Morgan fingerprint density at radius 1 is 1.15 bits per heavy atom. The van der Waals surface area contributed by atoms with Gasteiger partial charge in [0.1, 0.15) is 5.75 Å². The predicted octanol–water partition coefficient (Wildman–Crippen LogP) is 2.89. The van der Waals surface area contributed by atoms with Crippen molar-refractivity contribution in [1.82, 2.24) is 4.72 Å². The van der Waals surface area contributed by atoms with E-state index in [1.165, 1.54) is 31.4 Å². The van der Waals surface area contributed by atoms with Crippen LogP contribution in [0.25, 0.3) is 0 Å². The third-order valence-electron chi connectivity index (χ3n) is 3.60. The van der Waals surface area contributed by atoms with Gasteiger partial charge < -0.3 is 15.8 Å². The zero-order valence-electron chi connectivity index (χ0n) is 15.4. The quantitative estimate of drug-likeness (QED) is 0.604. The Morgan fingerprint density at radius 2 is 1.78 bits per heavy atom. The van der Waals surface area contributed by atoms with Crippen LogP contribution in [0.4, 0.5) is 11.4 Å². The molecule has 0 saturated heterocycles. The van der Waals surface area contributed by atoms with Crippen molar-refractivity contribution in [3.63, 3.8) is 0 Å². The van der Waals surface area contributed by atoms with Crippen LogP contribution in [0, 0.1) is 5.92 Å². The topological polar surface area (TPSA) is 111 Å². The lowest BCUT2D eigenvalue weighted by Crippen LogP contribution is -2.27. The maximum absolute atomic E-state index is 12.3. The molecule has 0 atom stereocenters. The van der Waals surface area contributed by atoms with Gasteiger partial charge in [-0.2, -0.15) is 0 Å². The van der Waals surface area contributed by atoms with E-state index >= 15 is 0 Å². The van der Waals surface area contributed by atoms with Gasteiger partial charge in [-0.05, 0) is 48.4 Å². The van der Waals surface area contributed by atoms with Gasteiger partial charge in [-0.3, -0.25) is 4.79 Å². The van der Waals surface area contributed by atoms with Crippen LogP contribution in [-0.4, -0.2) is 28.0 Å². The lowest BCUT2D eigenvalue weighted by Gasteiger charge is -2.10. The Bertz CT molecular complexity index is 884. The summed E-state index contributed by atoms with van der Waals surface area (Å²) in [5, 5.41) is 2.71. The summed E-state index contributed by atoms with van der Waals surface area (Å²) in [6.07, 6.45) is 0. The van der Waals surface area contributed by atoms with Crippen LogP contribution in [0.2, 0.25) is 0 Å². The largest absolute Gasteiger partial charge is 0.495 e. The number of benzene rings is 2. The normalized spacial score (nSPS) is 11.0. The third kappa shape index (κ3) is 6.13. The fourth-order valence-electron chi connectivity index (χ4n) is 2.16. The van der Waals surface area contributed by atoms with Gasteiger partial charge in [0.15, 0.2) is 0 Å². The zero-order chi connectivity index (χ0) is 19.3. The third-order valence-corrected chi connectivity index (χ3v) is 5.04. The minimum absolute atomic E-state index is 0. The number of ether oxygens (including phenoxy) is 1. The summed E-state index contributed by atoms with van der Waals surface area (Å²) in [6, 6.07) is 10.6. The first-order valence-electron chi connectivity index (χ1n) is 8.07. The summed E-state index contributed by atoms with van der Waals surface area (Å²) in [7, 11) is -2.07. The second kappa shape index (κ2) is 9.59. The fraction of sp³-hybridized carbons (Fsp3) is 0.278. The summed E-state index contributed by atoms with van der Waals surface area (Å²) in [5.41, 5.74) is 7.07. The fourth-order valence-corrected chi connectivity index (χ4v) is 3.37. The van der Waals surface area contributed by atoms with Gasteiger partial charge in [-0.15, -0.1) is 12.4 Å². The van der Waals surface area contributed by atoms with Crippen molar-refractivity contribution >= 4 is 39.7 Å². The molecule has 0 fully saturated rings. The highest BCUT2D eigenvalue weighted by Gasteiger charge is 2.15. The molecule has 148 valence electrons. The molecule has 0 spiro atoms. The van der Waals surface area contributed by atoms with Gasteiger partial charge in [0.25, 0.3) is 5.91 Å². The molecule has 7 nitrogen and oxygen atoms in total. The molecule has 9 heteroatoms. The molecule has 0 bridgehead atoms. The molecule has 0 radical (unpaired) electrons. The molecule has 27 heavy (non-hydrogen) atoms. The van der Waals surface area contributed by atoms with Crippen molar-refractivity contribution in [2.45, 2.75) is 18.7 Å². The number of methoxy groups -OCH3 is 1. The highest BCUT2D eigenvalue weighted by Crippen LogP contribution is 2.25. The molecule has 0 aliphatic heterocycles. The second-order valence-corrected chi connectivity index (χ2v) is 7.95. The Balaban J connectivity index is 0.00000364. The van der Waals surface area contributed by atoms with Crippen LogP contribution in [0.15, 0.2) is 47.4 Å². The number of sulfonamides is 1. The molecule has 0 unspecified atom stereocenters. The smallest absolute Gasteiger partial charge is 0.255 e. The van der Waals surface area contributed by atoms with Crippen molar-refractivity contribution in [3.05, 3.63) is 48.0 Å². The zero-order valence-corrected chi connectivity index (χ0v) is 17.0. The summed E-state index contributed by atoms with van der Waals surface area (Å²) < 4.78 is 31.9. The molecule has 2 rings (SSSR count). The average molecular weight is 414 g/mol. The maximum Gasteiger partial charge on any atom is 0.255 e. The van der Waals surface area contributed by atoms with Gasteiger partial charge >= 0.3 is 0 Å². The lowest BCUT2D eigenvalue weighted by atomic mass is 10.2. The number of anilines is 2. The van der Waals surface area contributed by atoms with Crippen LogP contribution < -0.4 is 20.5 Å². The van der Waals surface area contributed by atoms with E-state index in [0.717, 1.165) is 0 Å². The Hall–Kier alpha value is -2.29. The number of carbonyl (C=O) groups excluding carboxylic acids is 1. The average Bonchev–Trinajstić information content (AvgIpc) is 2.60.